The Kier molecular flexibility index (Phi) is 8.18. The fourth-order valence-corrected chi connectivity index (χ4v) is 4.14. The standard InChI is InChI=1S/C28H33N3O3/c1-17(2)13-24-23(15-29)27(20-11-9-18(3)10-12-20)26(19(4)31-24)28(33)34-16-22-8-6-5-7-21(22)14-25(30)32/h5-12,17H,13-16,29H2,1-4H3,(H2,30,32). The van der Waals surface area contributed by atoms with E-state index in [-0.39, 0.29) is 19.6 Å². The van der Waals surface area contributed by atoms with E-state index >= 15 is 0 Å². The summed E-state index contributed by atoms with van der Waals surface area (Å²) in [4.78, 5) is 29.6. The van der Waals surface area contributed by atoms with Crippen molar-refractivity contribution in [1.29, 1.82) is 0 Å². The summed E-state index contributed by atoms with van der Waals surface area (Å²) in [6.45, 7) is 8.41. The molecule has 3 rings (SSSR count). The first-order valence-corrected chi connectivity index (χ1v) is 11.5. The maximum Gasteiger partial charge on any atom is 0.340 e. The number of rotatable bonds is 9. The highest BCUT2D eigenvalue weighted by atomic mass is 16.5. The third-order valence-electron chi connectivity index (χ3n) is 5.76. The van der Waals surface area contributed by atoms with Crippen molar-refractivity contribution in [2.24, 2.45) is 17.4 Å². The van der Waals surface area contributed by atoms with Crippen LogP contribution in [0.2, 0.25) is 0 Å². The van der Waals surface area contributed by atoms with Gasteiger partial charge in [-0.15, -0.1) is 0 Å². The van der Waals surface area contributed by atoms with Crippen molar-refractivity contribution in [3.63, 3.8) is 0 Å². The van der Waals surface area contributed by atoms with Gasteiger partial charge in [0.2, 0.25) is 5.91 Å². The fraction of sp³-hybridized carbons (Fsp3) is 0.321. The molecule has 0 unspecified atom stereocenters. The largest absolute Gasteiger partial charge is 0.457 e. The molecule has 6 nitrogen and oxygen atoms in total. The average Bonchev–Trinajstić information content (AvgIpc) is 2.77. The number of nitrogens with two attached hydrogens (primary N) is 2. The van der Waals surface area contributed by atoms with Gasteiger partial charge in [0, 0.05) is 17.8 Å². The number of carbonyl (C=O) groups is 2. The molecule has 0 saturated heterocycles. The van der Waals surface area contributed by atoms with Crippen molar-refractivity contribution in [1.82, 2.24) is 4.98 Å². The molecular formula is C28H33N3O3. The second-order valence-corrected chi connectivity index (χ2v) is 9.03. The highest BCUT2D eigenvalue weighted by molar-refractivity contribution is 5.99. The molecule has 1 amide bonds. The van der Waals surface area contributed by atoms with Gasteiger partial charge in [-0.2, -0.15) is 0 Å². The Morgan fingerprint density at radius 3 is 2.24 bits per heavy atom. The van der Waals surface area contributed by atoms with Gasteiger partial charge in [0.1, 0.15) is 6.61 Å². The number of aromatic nitrogens is 1. The third-order valence-corrected chi connectivity index (χ3v) is 5.76. The molecule has 0 saturated carbocycles. The molecule has 0 fully saturated rings. The zero-order chi connectivity index (χ0) is 24.8. The molecule has 0 spiro atoms. The van der Waals surface area contributed by atoms with E-state index in [0.29, 0.717) is 17.2 Å². The van der Waals surface area contributed by atoms with Gasteiger partial charge in [0.25, 0.3) is 0 Å². The molecule has 4 N–H and O–H groups in total. The first-order chi connectivity index (χ1) is 16.2. The minimum Gasteiger partial charge on any atom is -0.457 e. The van der Waals surface area contributed by atoms with E-state index < -0.39 is 11.9 Å². The Bertz CT molecular complexity index is 1180. The van der Waals surface area contributed by atoms with Gasteiger partial charge in [-0.25, -0.2) is 4.79 Å². The smallest absolute Gasteiger partial charge is 0.340 e. The number of hydrogen-bond acceptors (Lipinski definition) is 5. The fourth-order valence-electron chi connectivity index (χ4n) is 4.14. The lowest BCUT2D eigenvalue weighted by Crippen LogP contribution is -2.18. The molecule has 1 aromatic heterocycles. The summed E-state index contributed by atoms with van der Waals surface area (Å²) < 4.78 is 5.75. The maximum absolute atomic E-state index is 13.4. The minimum atomic E-state index is -0.472. The van der Waals surface area contributed by atoms with Gasteiger partial charge >= 0.3 is 5.97 Å². The number of benzene rings is 2. The Labute approximate surface area is 201 Å². The topological polar surface area (TPSA) is 108 Å². The summed E-state index contributed by atoms with van der Waals surface area (Å²) in [5.41, 5.74) is 18.7. The van der Waals surface area contributed by atoms with Crippen LogP contribution in [0.3, 0.4) is 0 Å². The van der Waals surface area contributed by atoms with Crippen molar-refractivity contribution >= 4 is 11.9 Å². The lowest BCUT2D eigenvalue weighted by molar-refractivity contribution is -0.117. The molecule has 1 heterocycles. The zero-order valence-electron chi connectivity index (χ0n) is 20.4. The molecule has 0 aliphatic carbocycles. The van der Waals surface area contributed by atoms with Gasteiger partial charge in [-0.1, -0.05) is 67.9 Å². The summed E-state index contributed by atoms with van der Waals surface area (Å²) in [7, 11) is 0. The summed E-state index contributed by atoms with van der Waals surface area (Å²) in [5, 5.41) is 0. The van der Waals surface area contributed by atoms with Crippen molar-refractivity contribution < 1.29 is 14.3 Å². The molecule has 0 aliphatic rings. The van der Waals surface area contributed by atoms with Crippen LogP contribution in [0.25, 0.3) is 11.1 Å². The van der Waals surface area contributed by atoms with Crippen LogP contribution in [0, 0.1) is 19.8 Å². The van der Waals surface area contributed by atoms with Gasteiger partial charge in [-0.3, -0.25) is 9.78 Å². The molecule has 34 heavy (non-hydrogen) atoms. The number of amides is 1. The number of hydrogen-bond donors (Lipinski definition) is 2. The molecule has 0 atom stereocenters. The predicted octanol–water partition coefficient (Wildman–Crippen LogP) is 4.41. The molecule has 0 radical (unpaired) electrons. The van der Waals surface area contributed by atoms with Crippen molar-refractivity contribution in [2.75, 3.05) is 0 Å². The second kappa shape index (κ2) is 11.1. The van der Waals surface area contributed by atoms with E-state index in [9.17, 15) is 9.59 Å². The molecule has 3 aromatic rings. The number of carbonyl (C=O) groups excluding carboxylic acids is 2. The van der Waals surface area contributed by atoms with Crippen LogP contribution in [-0.4, -0.2) is 16.9 Å². The van der Waals surface area contributed by atoms with Crippen LogP contribution in [0.1, 0.15) is 57.8 Å². The monoisotopic (exact) mass is 459 g/mol. The van der Waals surface area contributed by atoms with Crippen LogP contribution < -0.4 is 11.5 Å². The van der Waals surface area contributed by atoms with Gasteiger partial charge < -0.3 is 16.2 Å². The number of nitrogens with zero attached hydrogens (tertiary/aromatic N) is 1. The van der Waals surface area contributed by atoms with Gasteiger partial charge in [0.15, 0.2) is 0 Å². The van der Waals surface area contributed by atoms with E-state index in [1.807, 2.05) is 62.4 Å². The van der Waals surface area contributed by atoms with E-state index in [1.54, 1.807) is 0 Å². The molecule has 6 heteroatoms. The van der Waals surface area contributed by atoms with Crippen LogP contribution in [0.4, 0.5) is 0 Å². The molecule has 0 aliphatic heterocycles. The Hall–Kier alpha value is -3.51. The predicted molar refractivity (Wildman–Crippen MR) is 134 cm³/mol. The van der Waals surface area contributed by atoms with Crippen LogP contribution in [0.5, 0.6) is 0 Å². The van der Waals surface area contributed by atoms with Crippen molar-refractivity contribution in [2.45, 2.75) is 53.7 Å². The lowest BCUT2D eigenvalue weighted by Gasteiger charge is -2.20. The van der Waals surface area contributed by atoms with Crippen LogP contribution in [-0.2, 0) is 35.5 Å². The summed E-state index contributed by atoms with van der Waals surface area (Å²) >= 11 is 0. The number of primary amides is 1. The Morgan fingerprint density at radius 1 is 1.00 bits per heavy atom. The molecule has 2 aromatic carbocycles. The number of pyridine rings is 1. The van der Waals surface area contributed by atoms with E-state index in [4.69, 9.17) is 21.2 Å². The van der Waals surface area contributed by atoms with E-state index in [0.717, 1.165) is 45.5 Å². The second-order valence-electron chi connectivity index (χ2n) is 9.03. The van der Waals surface area contributed by atoms with Crippen molar-refractivity contribution in [3.8, 4) is 11.1 Å². The van der Waals surface area contributed by atoms with Crippen LogP contribution >= 0.6 is 0 Å². The first-order valence-electron chi connectivity index (χ1n) is 11.5. The molecule has 178 valence electrons. The quantitative estimate of drug-likeness (QED) is 0.461. The summed E-state index contributed by atoms with van der Waals surface area (Å²) in [6.07, 6.45) is 0.853. The number of ether oxygens (including phenoxy) is 1. The van der Waals surface area contributed by atoms with Gasteiger partial charge in [-0.05, 0) is 48.4 Å². The maximum atomic E-state index is 13.4. The summed E-state index contributed by atoms with van der Waals surface area (Å²) in [6, 6.07) is 15.3. The van der Waals surface area contributed by atoms with Crippen molar-refractivity contribution in [3.05, 3.63) is 87.7 Å². The zero-order valence-corrected chi connectivity index (χ0v) is 20.4. The number of aryl methyl sites for hydroxylation is 2. The SMILES string of the molecule is Cc1ccc(-c2c(CN)c(CC(C)C)nc(C)c2C(=O)OCc2ccccc2CC(N)=O)cc1. The highest BCUT2D eigenvalue weighted by Gasteiger charge is 2.25. The normalized spacial score (nSPS) is 11.0. The Balaban J connectivity index is 2.06. The van der Waals surface area contributed by atoms with E-state index in [1.165, 1.54) is 0 Å². The Morgan fingerprint density at radius 2 is 1.65 bits per heavy atom. The van der Waals surface area contributed by atoms with Gasteiger partial charge in [0.05, 0.1) is 17.7 Å². The molecule has 0 bridgehead atoms. The highest BCUT2D eigenvalue weighted by Crippen LogP contribution is 2.33. The molecular weight excluding hydrogens is 426 g/mol. The number of esters is 1. The average molecular weight is 460 g/mol. The van der Waals surface area contributed by atoms with Crippen LogP contribution in [0.15, 0.2) is 48.5 Å². The lowest BCUT2D eigenvalue weighted by atomic mass is 9.90. The van der Waals surface area contributed by atoms with E-state index in [2.05, 4.69) is 13.8 Å². The first kappa shape index (κ1) is 25.1. The third kappa shape index (κ3) is 5.88. The minimum absolute atomic E-state index is 0.0285. The summed E-state index contributed by atoms with van der Waals surface area (Å²) in [5.74, 6) is -0.517.